The van der Waals surface area contributed by atoms with Crippen molar-refractivity contribution in [1.82, 2.24) is 20.2 Å². The summed E-state index contributed by atoms with van der Waals surface area (Å²) in [5.74, 6) is 0.204. The molecule has 3 heterocycles. The van der Waals surface area contributed by atoms with Gasteiger partial charge in [-0.2, -0.15) is 5.10 Å². The van der Waals surface area contributed by atoms with Crippen molar-refractivity contribution in [2.24, 2.45) is 0 Å². The van der Waals surface area contributed by atoms with E-state index in [-0.39, 0.29) is 22.9 Å². The van der Waals surface area contributed by atoms with E-state index < -0.39 is 5.82 Å². The maximum Gasteiger partial charge on any atom is 0.231 e. The lowest BCUT2D eigenvalue weighted by Crippen LogP contribution is -2.30. The Labute approximate surface area is 182 Å². The third-order valence-electron chi connectivity index (χ3n) is 5.49. The van der Waals surface area contributed by atoms with Crippen LogP contribution in [0, 0.1) is 12.7 Å². The first kappa shape index (κ1) is 19.4. The van der Waals surface area contributed by atoms with E-state index in [9.17, 15) is 9.18 Å². The fourth-order valence-corrected chi connectivity index (χ4v) is 4.23. The quantitative estimate of drug-likeness (QED) is 0.508. The Morgan fingerprint density at radius 3 is 2.97 bits per heavy atom. The van der Waals surface area contributed by atoms with Crippen molar-refractivity contribution in [2.45, 2.75) is 19.8 Å². The molecule has 0 spiro atoms. The van der Waals surface area contributed by atoms with Gasteiger partial charge in [0.1, 0.15) is 17.5 Å². The van der Waals surface area contributed by atoms with Gasteiger partial charge >= 0.3 is 0 Å². The zero-order chi connectivity index (χ0) is 21.7. The van der Waals surface area contributed by atoms with Crippen LogP contribution in [0.5, 0.6) is 0 Å². The maximum absolute atomic E-state index is 14.2. The number of fused-ring (bicyclic) bond motifs is 2. The highest BCUT2D eigenvalue weighted by Crippen LogP contribution is 2.35. The molecule has 0 unspecified atom stereocenters. The van der Waals surface area contributed by atoms with Gasteiger partial charge in [0.2, 0.25) is 5.91 Å². The third-order valence-corrected chi connectivity index (χ3v) is 5.78. The minimum Gasteiger partial charge on any atom is -0.383 e. The third kappa shape index (κ3) is 3.29. The van der Waals surface area contributed by atoms with E-state index in [4.69, 9.17) is 17.3 Å². The number of amides is 1. The topological polar surface area (TPSA) is 101 Å². The van der Waals surface area contributed by atoms with Crippen LogP contribution in [0.4, 0.5) is 15.9 Å². The van der Waals surface area contributed by atoms with Crippen LogP contribution >= 0.6 is 11.6 Å². The van der Waals surface area contributed by atoms with Crippen LogP contribution < -0.4 is 10.6 Å². The zero-order valence-corrected chi connectivity index (χ0v) is 17.4. The smallest absolute Gasteiger partial charge is 0.231 e. The number of H-pyrrole nitrogens is 1. The summed E-state index contributed by atoms with van der Waals surface area (Å²) in [7, 11) is 0. The van der Waals surface area contributed by atoms with Crippen LogP contribution in [0.1, 0.15) is 17.0 Å². The standard InChI is InChI=1S/C22H18ClFN6O/c1-11-26-21(25)18-20(28-29-22(18)27-11)14-5-6-16-12(9-14)7-8-30(16)17(31)10-13-3-2-4-15(23)19(13)24/h2-6,9H,7-8,10H2,1H3,(H3,25,26,27,28,29). The van der Waals surface area contributed by atoms with Crippen LogP contribution in [0.3, 0.4) is 0 Å². The SMILES string of the molecule is Cc1nc(N)c2c(-c3ccc4c(c3)CCN4C(=O)Cc3cccc(Cl)c3F)[nH]nc2n1. The molecular formula is C22H18ClFN6O. The molecule has 1 amide bonds. The van der Waals surface area contributed by atoms with Crippen molar-refractivity contribution in [2.75, 3.05) is 17.2 Å². The van der Waals surface area contributed by atoms with Gasteiger partial charge < -0.3 is 10.6 Å². The molecule has 5 rings (SSSR count). The van der Waals surface area contributed by atoms with Gasteiger partial charge in [-0.25, -0.2) is 14.4 Å². The summed E-state index contributed by atoms with van der Waals surface area (Å²) in [5, 5.41) is 7.94. The van der Waals surface area contributed by atoms with Gasteiger partial charge in [0, 0.05) is 17.8 Å². The summed E-state index contributed by atoms with van der Waals surface area (Å²) >= 11 is 5.84. The highest BCUT2D eigenvalue weighted by molar-refractivity contribution is 6.30. The summed E-state index contributed by atoms with van der Waals surface area (Å²) < 4.78 is 14.2. The molecule has 0 bridgehead atoms. The predicted octanol–water partition coefficient (Wildman–Crippen LogP) is 3.83. The fraction of sp³-hybridized carbons (Fsp3) is 0.182. The fourth-order valence-electron chi connectivity index (χ4n) is 4.03. The molecule has 0 saturated heterocycles. The Bertz CT molecular complexity index is 1350. The molecule has 4 aromatic rings. The number of anilines is 2. The van der Waals surface area contributed by atoms with Gasteiger partial charge in [-0.1, -0.05) is 29.8 Å². The van der Waals surface area contributed by atoms with Gasteiger partial charge in [-0.3, -0.25) is 9.89 Å². The number of hydrogen-bond donors (Lipinski definition) is 2. The molecule has 0 radical (unpaired) electrons. The Hall–Kier alpha value is -3.52. The first-order valence-corrected chi connectivity index (χ1v) is 10.1. The van der Waals surface area contributed by atoms with Crippen molar-refractivity contribution in [3.05, 3.63) is 64.2 Å². The molecule has 2 aromatic heterocycles. The Morgan fingerprint density at radius 1 is 1.29 bits per heavy atom. The largest absolute Gasteiger partial charge is 0.383 e. The second-order valence-corrected chi connectivity index (χ2v) is 7.89. The number of nitrogen functional groups attached to an aromatic ring is 1. The minimum absolute atomic E-state index is 0.0157. The normalized spacial score (nSPS) is 13.1. The summed E-state index contributed by atoms with van der Waals surface area (Å²) in [6, 6.07) is 10.5. The molecule has 1 aliphatic rings. The number of aryl methyl sites for hydroxylation is 1. The number of halogens is 2. The van der Waals surface area contributed by atoms with Crippen molar-refractivity contribution < 1.29 is 9.18 Å². The molecule has 2 aromatic carbocycles. The number of hydrogen-bond acceptors (Lipinski definition) is 5. The van der Waals surface area contributed by atoms with Gasteiger partial charge in [-0.05, 0) is 42.7 Å². The van der Waals surface area contributed by atoms with Gasteiger partial charge in [0.05, 0.1) is 22.5 Å². The molecule has 3 N–H and O–H groups in total. The average molecular weight is 437 g/mol. The van der Waals surface area contributed by atoms with Gasteiger partial charge in [0.15, 0.2) is 5.65 Å². The molecule has 31 heavy (non-hydrogen) atoms. The summed E-state index contributed by atoms with van der Waals surface area (Å²) in [5.41, 5.74) is 10.4. The van der Waals surface area contributed by atoms with E-state index in [0.29, 0.717) is 35.6 Å². The number of benzene rings is 2. The number of aromatic amines is 1. The molecule has 7 nitrogen and oxygen atoms in total. The highest BCUT2D eigenvalue weighted by atomic mass is 35.5. The number of nitrogens with two attached hydrogens (primary N) is 1. The Balaban J connectivity index is 1.45. The van der Waals surface area contributed by atoms with Crippen LogP contribution in [0.15, 0.2) is 36.4 Å². The molecule has 0 atom stereocenters. The lowest BCUT2D eigenvalue weighted by molar-refractivity contribution is -0.117. The van der Waals surface area contributed by atoms with E-state index in [2.05, 4.69) is 20.2 Å². The van der Waals surface area contributed by atoms with Crippen molar-refractivity contribution in [1.29, 1.82) is 0 Å². The van der Waals surface area contributed by atoms with Gasteiger partial charge in [-0.15, -0.1) is 0 Å². The van der Waals surface area contributed by atoms with E-state index in [1.165, 1.54) is 6.07 Å². The van der Waals surface area contributed by atoms with Crippen LogP contribution in [0.2, 0.25) is 5.02 Å². The van der Waals surface area contributed by atoms with E-state index in [1.54, 1.807) is 24.0 Å². The van der Waals surface area contributed by atoms with Crippen LogP contribution in [0.25, 0.3) is 22.3 Å². The van der Waals surface area contributed by atoms with Crippen LogP contribution in [-0.2, 0) is 17.6 Å². The molecule has 0 fully saturated rings. The molecule has 1 aliphatic heterocycles. The first-order chi connectivity index (χ1) is 14.9. The van der Waals surface area contributed by atoms with Crippen molar-refractivity contribution in [3.63, 3.8) is 0 Å². The molecule has 9 heteroatoms. The molecule has 0 saturated carbocycles. The summed E-state index contributed by atoms with van der Waals surface area (Å²) in [6.07, 6.45) is 0.649. The predicted molar refractivity (Wildman–Crippen MR) is 117 cm³/mol. The molecular weight excluding hydrogens is 419 g/mol. The average Bonchev–Trinajstić information content (AvgIpc) is 3.35. The minimum atomic E-state index is -0.548. The highest BCUT2D eigenvalue weighted by Gasteiger charge is 2.26. The van der Waals surface area contributed by atoms with Gasteiger partial charge in [0.25, 0.3) is 0 Å². The number of rotatable bonds is 3. The number of aromatic nitrogens is 4. The maximum atomic E-state index is 14.2. The second-order valence-electron chi connectivity index (χ2n) is 7.48. The number of carbonyl (C=O) groups excluding carboxylic acids is 1. The number of carbonyl (C=O) groups is 1. The first-order valence-electron chi connectivity index (χ1n) is 9.77. The Kier molecular flexibility index (Phi) is 4.59. The lowest BCUT2D eigenvalue weighted by Gasteiger charge is -2.18. The van der Waals surface area contributed by atoms with Crippen molar-refractivity contribution >= 4 is 40.0 Å². The van der Waals surface area contributed by atoms with E-state index >= 15 is 0 Å². The van der Waals surface area contributed by atoms with E-state index in [1.807, 2.05) is 18.2 Å². The molecule has 156 valence electrons. The monoisotopic (exact) mass is 436 g/mol. The second kappa shape index (κ2) is 7.31. The van der Waals surface area contributed by atoms with Crippen molar-refractivity contribution in [3.8, 4) is 11.3 Å². The number of nitrogens with one attached hydrogen (secondary N) is 1. The molecule has 0 aliphatic carbocycles. The number of nitrogens with zero attached hydrogens (tertiary/aromatic N) is 4. The lowest BCUT2D eigenvalue weighted by atomic mass is 10.0. The Morgan fingerprint density at radius 2 is 2.13 bits per heavy atom. The zero-order valence-electron chi connectivity index (χ0n) is 16.6. The summed E-state index contributed by atoms with van der Waals surface area (Å²) in [6.45, 7) is 2.30. The van der Waals surface area contributed by atoms with Crippen LogP contribution in [-0.4, -0.2) is 32.6 Å². The summed E-state index contributed by atoms with van der Waals surface area (Å²) in [4.78, 5) is 23.1. The van der Waals surface area contributed by atoms with E-state index in [0.717, 1.165) is 22.5 Å².